The molecule has 0 saturated carbocycles. The number of benzene rings is 1. The van der Waals surface area contributed by atoms with Crippen LogP contribution < -0.4 is 9.47 Å². The second-order valence-electron chi connectivity index (χ2n) is 9.33. The van der Waals surface area contributed by atoms with Crippen molar-refractivity contribution in [3.05, 3.63) is 70.9 Å². The lowest BCUT2D eigenvalue weighted by Crippen LogP contribution is -2.23. The summed E-state index contributed by atoms with van der Waals surface area (Å²) in [5.74, 6) is 0.553. The van der Waals surface area contributed by atoms with E-state index in [1.54, 1.807) is 25.3 Å². The number of carbonyl (C=O) groups excluding carboxylic acids is 1. The minimum atomic E-state index is -0.972. The van der Waals surface area contributed by atoms with Crippen LogP contribution in [0, 0.1) is 5.82 Å². The Morgan fingerprint density at radius 2 is 1.97 bits per heavy atom. The van der Waals surface area contributed by atoms with Gasteiger partial charge in [0.15, 0.2) is 0 Å². The van der Waals surface area contributed by atoms with Crippen LogP contribution in [0.3, 0.4) is 0 Å². The van der Waals surface area contributed by atoms with Crippen molar-refractivity contribution >= 4 is 6.47 Å². The molecule has 3 heterocycles. The molecule has 8 nitrogen and oxygen atoms in total. The van der Waals surface area contributed by atoms with E-state index in [1.165, 1.54) is 7.11 Å². The van der Waals surface area contributed by atoms with Crippen molar-refractivity contribution < 1.29 is 28.5 Å². The van der Waals surface area contributed by atoms with Crippen LogP contribution in [0.2, 0.25) is 0 Å². The molecule has 38 heavy (non-hydrogen) atoms. The zero-order valence-corrected chi connectivity index (χ0v) is 22.2. The van der Waals surface area contributed by atoms with Gasteiger partial charge in [-0.3, -0.25) is 14.7 Å². The molecule has 0 saturated heterocycles. The molecule has 202 valence electrons. The molecule has 4 rings (SSSR count). The number of pyridine rings is 2. The second kappa shape index (κ2) is 12.3. The van der Waals surface area contributed by atoms with Crippen molar-refractivity contribution in [1.82, 2.24) is 14.9 Å². The van der Waals surface area contributed by atoms with Crippen molar-refractivity contribution in [2.75, 3.05) is 20.2 Å². The van der Waals surface area contributed by atoms with E-state index in [4.69, 9.17) is 19.2 Å². The van der Waals surface area contributed by atoms with Gasteiger partial charge in [-0.2, -0.15) is 0 Å². The smallest absolute Gasteiger partial charge is 0.293 e. The van der Waals surface area contributed by atoms with Gasteiger partial charge < -0.3 is 19.3 Å². The maximum atomic E-state index is 14.9. The maximum Gasteiger partial charge on any atom is 0.293 e. The van der Waals surface area contributed by atoms with Gasteiger partial charge in [-0.05, 0) is 61.7 Å². The van der Waals surface area contributed by atoms with Gasteiger partial charge in [-0.1, -0.05) is 26.0 Å². The summed E-state index contributed by atoms with van der Waals surface area (Å²) in [6.07, 6.45) is 2.41. The molecule has 9 heteroatoms. The number of aromatic nitrogens is 2. The second-order valence-corrected chi connectivity index (χ2v) is 9.33. The number of hydrogen-bond donors (Lipinski definition) is 1. The molecule has 0 amide bonds. The van der Waals surface area contributed by atoms with Crippen molar-refractivity contribution in [1.29, 1.82) is 0 Å². The van der Waals surface area contributed by atoms with E-state index < -0.39 is 18.0 Å². The fraction of sp³-hybridized carbons (Fsp3) is 0.414. The fourth-order valence-corrected chi connectivity index (χ4v) is 4.70. The first kappa shape index (κ1) is 27.5. The number of halogens is 1. The Morgan fingerprint density at radius 1 is 1.18 bits per heavy atom. The highest BCUT2D eigenvalue weighted by Gasteiger charge is 2.26. The third kappa shape index (κ3) is 5.95. The summed E-state index contributed by atoms with van der Waals surface area (Å²) < 4.78 is 31.4. The molecule has 1 N–H and O–H groups in total. The number of nitrogens with zero attached hydrogens (tertiary/aromatic N) is 3. The average molecular weight is 524 g/mol. The molecule has 0 aliphatic carbocycles. The van der Waals surface area contributed by atoms with Gasteiger partial charge in [-0.25, -0.2) is 9.37 Å². The first-order valence-corrected chi connectivity index (χ1v) is 12.9. The van der Waals surface area contributed by atoms with Gasteiger partial charge in [0.2, 0.25) is 5.88 Å². The summed E-state index contributed by atoms with van der Waals surface area (Å²) in [7, 11) is 1.50. The molecule has 3 atom stereocenters. The molecule has 0 unspecified atom stereocenters. The number of methoxy groups -OCH3 is 1. The van der Waals surface area contributed by atoms with Gasteiger partial charge in [0.25, 0.3) is 6.47 Å². The summed E-state index contributed by atoms with van der Waals surface area (Å²) >= 11 is 0. The van der Waals surface area contributed by atoms with Crippen LogP contribution in [0.4, 0.5) is 4.39 Å². The summed E-state index contributed by atoms with van der Waals surface area (Å²) in [5, 5.41) is 10.6. The highest BCUT2D eigenvalue weighted by Crippen LogP contribution is 2.38. The molecule has 1 aliphatic rings. The third-order valence-electron chi connectivity index (χ3n) is 7.05. The number of rotatable bonds is 11. The van der Waals surface area contributed by atoms with Gasteiger partial charge in [-0.15, -0.1) is 0 Å². The Bertz CT molecular complexity index is 1270. The van der Waals surface area contributed by atoms with E-state index in [9.17, 15) is 14.3 Å². The number of aryl methyl sites for hydroxylation is 1. The van der Waals surface area contributed by atoms with Crippen LogP contribution in [0.15, 0.2) is 42.7 Å². The number of carbonyl (C=O) groups is 1. The van der Waals surface area contributed by atoms with E-state index in [1.807, 2.05) is 18.2 Å². The zero-order chi connectivity index (χ0) is 27.2. The Kier molecular flexibility index (Phi) is 8.91. The number of ether oxygens (including phenoxy) is 3. The minimum absolute atomic E-state index is 0.306. The van der Waals surface area contributed by atoms with Crippen molar-refractivity contribution in [3.63, 3.8) is 0 Å². The molecule has 0 fully saturated rings. The van der Waals surface area contributed by atoms with Crippen LogP contribution in [-0.4, -0.2) is 52.7 Å². The maximum absolute atomic E-state index is 14.9. The Labute approximate surface area is 222 Å². The molecule has 0 bridgehead atoms. The largest absolute Gasteiger partial charge is 0.484 e. The standard InChI is InChI=1S/C29H34FN3O5/c1-5-33(6-2)16-21-11-25(31-14-23(21)22-13-28(36-4)32-15-24(22)30)26-10-9-19-7-8-20(12-27(19)38-26)29(35)18(3)37-17-34/h7-8,11-15,17-18,26,29,35H,5-6,9-10,16H2,1-4H3/t18-,26+,29+/m0/s1. The first-order chi connectivity index (χ1) is 18.4. The number of aliphatic hydroxyl groups excluding tert-OH is 1. The monoisotopic (exact) mass is 523 g/mol. The minimum Gasteiger partial charge on any atom is -0.484 e. The van der Waals surface area contributed by atoms with Crippen LogP contribution in [0.5, 0.6) is 11.6 Å². The molecule has 1 aromatic carbocycles. The van der Waals surface area contributed by atoms with Crippen LogP contribution >= 0.6 is 0 Å². The van der Waals surface area contributed by atoms with Crippen LogP contribution in [0.1, 0.15) is 61.8 Å². The summed E-state index contributed by atoms with van der Waals surface area (Å²) in [5.41, 5.74) is 4.40. The Hall–Kier alpha value is -3.56. The number of aliphatic hydroxyl groups is 1. The van der Waals surface area contributed by atoms with E-state index in [0.29, 0.717) is 41.3 Å². The SMILES string of the molecule is CCN(CC)Cc1cc([C@H]2CCc3ccc([C@H](O)[C@H](C)OC=O)cc3O2)ncc1-c1cc(OC)ncc1F. The number of fused-ring (bicyclic) bond motifs is 1. The molecule has 0 spiro atoms. The van der Waals surface area contributed by atoms with Crippen molar-refractivity contribution in [2.45, 2.75) is 58.5 Å². The summed E-state index contributed by atoms with van der Waals surface area (Å²) in [6, 6.07) is 9.13. The summed E-state index contributed by atoms with van der Waals surface area (Å²) in [4.78, 5) is 21.6. The third-order valence-corrected chi connectivity index (χ3v) is 7.05. The predicted molar refractivity (Wildman–Crippen MR) is 140 cm³/mol. The van der Waals surface area contributed by atoms with Gasteiger partial charge in [0, 0.05) is 29.9 Å². The quantitative estimate of drug-likeness (QED) is 0.359. The fourth-order valence-electron chi connectivity index (χ4n) is 4.70. The molecule has 2 aromatic heterocycles. The van der Waals surface area contributed by atoms with Crippen LogP contribution in [0.25, 0.3) is 11.1 Å². The van der Waals surface area contributed by atoms with E-state index in [2.05, 4.69) is 23.7 Å². The van der Waals surface area contributed by atoms with Gasteiger partial charge in [0.05, 0.1) is 19.0 Å². The summed E-state index contributed by atoms with van der Waals surface area (Å²) in [6.45, 7) is 8.46. The highest BCUT2D eigenvalue weighted by molar-refractivity contribution is 5.68. The molecule has 1 aliphatic heterocycles. The Morgan fingerprint density at radius 3 is 2.68 bits per heavy atom. The lowest BCUT2D eigenvalue weighted by atomic mass is 9.95. The molecule has 3 aromatic rings. The van der Waals surface area contributed by atoms with E-state index in [0.717, 1.165) is 48.9 Å². The van der Waals surface area contributed by atoms with E-state index in [-0.39, 0.29) is 6.10 Å². The van der Waals surface area contributed by atoms with Crippen molar-refractivity contribution in [2.24, 2.45) is 0 Å². The molecular formula is C29H34FN3O5. The highest BCUT2D eigenvalue weighted by atomic mass is 19.1. The van der Waals surface area contributed by atoms with Gasteiger partial charge in [0.1, 0.15) is 29.9 Å². The topological polar surface area (TPSA) is 94.0 Å². The lowest BCUT2D eigenvalue weighted by molar-refractivity contribution is -0.138. The number of hydrogen-bond acceptors (Lipinski definition) is 8. The van der Waals surface area contributed by atoms with E-state index >= 15 is 0 Å². The Balaban J connectivity index is 1.67. The van der Waals surface area contributed by atoms with Gasteiger partial charge >= 0.3 is 0 Å². The molecule has 0 radical (unpaired) electrons. The molecular weight excluding hydrogens is 489 g/mol. The first-order valence-electron chi connectivity index (χ1n) is 12.9. The average Bonchev–Trinajstić information content (AvgIpc) is 2.95. The van der Waals surface area contributed by atoms with Crippen LogP contribution in [-0.2, 0) is 22.5 Å². The van der Waals surface area contributed by atoms with Crippen molar-refractivity contribution in [3.8, 4) is 22.8 Å². The lowest BCUT2D eigenvalue weighted by Gasteiger charge is -2.28. The zero-order valence-electron chi connectivity index (χ0n) is 22.2. The normalized spacial score (nSPS) is 16.3. The predicted octanol–water partition coefficient (Wildman–Crippen LogP) is 4.79.